The molecule has 28 heavy (non-hydrogen) atoms. The summed E-state index contributed by atoms with van der Waals surface area (Å²) in [5.41, 5.74) is 9.46. The van der Waals surface area contributed by atoms with Crippen LogP contribution in [0.2, 0.25) is 0 Å². The molecule has 0 saturated carbocycles. The summed E-state index contributed by atoms with van der Waals surface area (Å²) in [5, 5.41) is 3.93. The van der Waals surface area contributed by atoms with Gasteiger partial charge in [-0.1, -0.05) is 18.2 Å². The highest BCUT2D eigenvalue weighted by Crippen LogP contribution is 2.20. The van der Waals surface area contributed by atoms with Crippen molar-refractivity contribution < 1.29 is 14.3 Å². The van der Waals surface area contributed by atoms with Gasteiger partial charge >= 0.3 is 0 Å². The monoisotopic (exact) mass is 378 g/mol. The van der Waals surface area contributed by atoms with E-state index in [4.69, 9.17) is 10.5 Å². The molecule has 1 fully saturated rings. The number of nitrogens with one attached hydrogen (secondary N) is 2. The fraction of sp³-hybridized carbons (Fsp3) is 0.238. The van der Waals surface area contributed by atoms with Crippen LogP contribution in [0.3, 0.4) is 0 Å². The maximum Gasteiger partial charge on any atom is 0.253 e. The molecule has 1 aliphatic heterocycles. The van der Waals surface area contributed by atoms with Crippen molar-refractivity contribution in [2.75, 3.05) is 30.0 Å². The number of hydrogen-bond donors (Lipinski definition) is 3. The van der Waals surface area contributed by atoms with Crippen LogP contribution in [0.4, 0.5) is 11.4 Å². The molecule has 2 aromatic carbocycles. The van der Waals surface area contributed by atoms with Gasteiger partial charge in [-0.15, -0.1) is 0 Å². The Kier molecular flexibility index (Phi) is 5.10. The van der Waals surface area contributed by atoms with E-state index >= 15 is 0 Å². The molecule has 4 N–H and O–H groups in total. The number of aromatic nitrogens is 1. The summed E-state index contributed by atoms with van der Waals surface area (Å²) >= 11 is 0. The number of para-hydroxylation sites is 1. The minimum atomic E-state index is -0.673. The van der Waals surface area contributed by atoms with E-state index in [0.717, 1.165) is 22.3 Å². The Morgan fingerprint density at radius 3 is 2.75 bits per heavy atom. The van der Waals surface area contributed by atoms with Crippen molar-refractivity contribution in [3.8, 4) is 0 Å². The highest BCUT2D eigenvalue weighted by Gasteiger charge is 2.20. The summed E-state index contributed by atoms with van der Waals surface area (Å²) in [6.45, 7) is 1.15. The number of hydrogen-bond acceptors (Lipinski definition) is 4. The minimum Gasteiger partial charge on any atom is -0.370 e. The van der Waals surface area contributed by atoms with Crippen LogP contribution in [-0.2, 0) is 20.7 Å². The van der Waals surface area contributed by atoms with E-state index in [9.17, 15) is 9.59 Å². The first kappa shape index (κ1) is 18.2. The smallest absolute Gasteiger partial charge is 0.253 e. The molecule has 7 nitrogen and oxygen atoms in total. The van der Waals surface area contributed by atoms with Gasteiger partial charge in [-0.25, -0.2) is 0 Å². The number of anilines is 2. The van der Waals surface area contributed by atoms with Crippen LogP contribution in [0.1, 0.15) is 5.69 Å². The number of H-pyrrole nitrogens is 1. The van der Waals surface area contributed by atoms with Gasteiger partial charge in [0, 0.05) is 35.6 Å². The van der Waals surface area contributed by atoms with E-state index in [1.807, 2.05) is 42.5 Å². The zero-order valence-electron chi connectivity index (χ0n) is 15.4. The number of rotatable bonds is 5. The second-order valence-electron chi connectivity index (χ2n) is 6.83. The largest absolute Gasteiger partial charge is 0.370 e. The van der Waals surface area contributed by atoms with Crippen LogP contribution in [0.5, 0.6) is 0 Å². The van der Waals surface area contributed by atoms with E-state index < -0.39 is 6.04 Å². The predicted molar refractivity (Wildman–Crippen MR) is 108 cm³/mol. The third-order valence-corrected chi connectivity index (χ3v) is 4.79. The van der Waals surface area contributed by atoms with Gasteiger partial charge in [0.1, 0.15) is 6.61 Å². The first-order valence-electron chi connectivity index (χ1n) is 9.21. The molecule has 2 amide bonds. The van der Waals surface area contributed by atoms with Crippen molar-refractivity contribution in [1.82, 2.24) is 4.98 Å². The SMILES string of the molecule is N[C@H](Cc1cc2ccccc2[nH]1)C(=O)Nc1ccc(N2CCOCC2=O)cc1. The molecule has 0 aliphatic carbocycles. The summed E-state index contributed by atoms with van der Waals surface area (Å²) in [4.78, 5) is 29.3. The number of carbonyl (C=O) groups excluding carboxylic acids is 2. The standard InChI is InChI=1S/C21H22N4O3/c22-18(12-16-11-14-3-1-2-4-19(14)23-16)21(27)24-15-5-7-17(8-6-15)25-9-10-28-13-20(25)26/h1-8,11,18,23H,9-10,12-13,22H2,(H,24,27)/t18-/m1/s1. The number of benzene rings is 2. The highest BCUT2D eigenvalue weighted by molar-refractivity contribution is 5.97. The molecular weight excluding hydrogens is 356 g/mol. The first-order chi connectivity index (χ1) is 13.6. The van der Waals surface area contributed by atoms with Crippen LogP contribution in [-0.4, -0.2) is 42.6 Å². The molecule has 3 aromatic rings. The predicted octanol–water partition coefficient (Wildman–Crippen LogP) is 2.04. The van der Waals surface area contributed by atoms with Gasteiger partial charge < -0.3 is 25.7 Å². The number of amides is 2. The fourth-order valence-corrected chi connectivity index (χ4v) is 3.32. The zero-order chi connectivity index (χ0) is 19.5. The van der Waals surface area contributed by atoms with Crippen LogP contribution in [0, 0.1) is 0 Å². The average molecular weight is 378 g/mol. The van der Waals surface area contributed by atoms with E-state index in [1.165, 1.54) is 0 Å². The number of nitrogens with zero attached hydrogens (tertiary/aromatic N) is 1. The summed E-state index contributed by atoms with van der Waals surface area (Å²) in [6, 6.07) is 16.4. The lowest BCUT2D eigenvalue weighted by atomic mass is 10.1. The van der Waals surface area contributed by atoms with E-state index in [0.29, 0.717) is 25.3 Å². The molecule has 0 spiro atoms. The van der Waals surface area contributed by atoms with Gasteiger partial charge in [0.25, 0.3) is 5.91 Å². The van der Waals surface area contributed by atoms with Crippen LogP contribution in [0.25, 0.3) is 10.9 Å². The lowest BCUT2D eigenvalue weighted by molar-refractivity contribution is -0.125. The lowest BCUT2D eigenvalue weighted by Gasteiger charge is -2.27. The maximum absolute atomic E-state index is 12.4. The van der Waals surface area contributed by atoms with Gasteiger partial charge in [0.15, 0.2) is 0 Å². The van der Waals surface area contributed by atoms with Crippen LogP contribution in [0.15, 0.2) is 54.6 Å². The van der Waals surface area contributed by atoms with Crippen molar-refractivity contribution in [3.63, 3.8) is 0 Å². The lowest BCUT2D eigenvalue weighted by Crippen LogP contribution is -2.41. The molecule has 144 valence electrons. The maximum atomic E-state index is 12.4. The second kappa shape index (κ2) is 7.84. The van der Waals surface area contributed by atoms with Crippen molar-refractivity contribution >= 4 is 34.1 Å². The van der Waals surface area contributed by atoms with Gasteiger partial charge in [0.2, 0.25) is 5.91 Å². The topological polar surface area (TPSA) is 100 Å². The molecule has 0 bridgehead atoms. The molecule has 7 heteroatoms. The number of aromatic amines is 1. The Balaban J connectivity index is 1.37. The average Bonchev–Trinajstić information content (AvgIpc) is 3.11. The molecule has 2 heterocycles. The Morgan fingerprint density at radius 2 is 2.00 bits per heavy atom. The summed E-state index contributed by atoms with van der Waals surface area (Å²) in [5.74, 6) is -0.322. The van der Waals surface area contributed by atoms with E-state index in [1.54, 1.807) is 17.0 Å². The fourth-order valence-electron chi connectivity index (χ4n) is 3.32. The van der Waals surface area contributed by atoms with Crippen molar-refractivity contribution in [2.45, 2.75) is 12.5 Å². The van der Waals surface area contributed by atoms with E-state index in [-0.39, 0.29) is 18.4 Å². The molecule has 1 atom stereocenters. The quantitative estimate of drug-likeness (QED) is 0.632. The Hall–Kier alpha value is -3.16. The summed E-state index contributed by atoms with van der Waals surface area (Å²) in [7, 11) is 0. The molecule has 1 saturated heterocycles. The third-order valence-electron chi connectivity index (χ3n) is 4.79. The van der Waals surface area contributed by atoms with Gasteiger partial charge in [0.05, 0.1) is 12.6 Å². The number of nitrogens with two attached hydrogens (primary N) is 1. The van der Waals surface area contributed by atoms with Gasteiger partial charge in [-0.2, -0.15) is 0 Å². The summed E-state index contributed by atoms with van der Waals surface area (Å²) in [6.07, 6.45) is 0.418. The third kappa shape index (κ3) is 3.90. The Bertz CT molecular complexity index is 963. The first-order valence-corrected chi connectivity index (χ1v) is 9.21. The van der Waals surface area contributed by atoms with Crippen LogP contribution >= 0.6 is 0 Å². The molecular formula is C21H22N4O3. The number of morpholine rings is 1. The number of fused-ring (bicyclic) bond motifs is 1. The number of ether oxygens (including phenoxy) is 1. The zero-order valence-corrected chi connectivity index (χ0v) is 15.4. The summed E-state index contributed by atoms with van der Waals surface area (Å²) < 4.78 is 5.14. The van der Waals surface area contributed by atoms with Crippen molar-refractivity contribution in [3.05, 3.63) is 60.3 Å². The molecule has 0 radical (unpaired) electrons. The molecule has 1 aliphatic rings. The highest BCUT2D eigenvalue weighted by atomic mass is 16.5. The Labute approximate surface area is 162 Å². The minimum absolute atomic E-state index is 0.0663. The Morgan fingerprint density at radius 1 is 1.21 bits per heavy atom. The van der Waals surface area contributed by atoms with Gasteiger partial charge in [-0.05, 0) is 41.8 Å². The molecule has 1 aromatic heterocycles. The molecule has 4 rings (SSSR count). The van der Waals surface area contributed by atoms with Crippen LogP contribution < -0.4 is 16.0 Å². The second-order valence-corrected chi connectivity index (χ2v) is 6.83. The van der Waals surface area contributed by atoms with E-state index in [2.05, 4.69) is 10.3 Å². The molecule has 0 unspecified atom stereocenters. The van der Waals surface area contributed by atoms with Crippen molar-refractivity contribution in [1.29, 1.82) is 0 Å². The van der Waals surface area contributed by atoms with Gasteiger partial charge in [-0.3, -0.25) is 9.59 Å². The normalized spacial score (nSPS) is 15.6. The van der Waals surface area contributed by atoms with Crippen molar-refractivity contribution in [2.24, 2.45) is 5.73 Å². The number of carbonyl (C=O) groups is 2.